The van der Waals surface area contributed by atoms with Crippen molar-refractivity contribution in [3.8, 4) is 0 Å². The summed E-state index contributed by atoms with van der Waals surface area (Å²) in [5.41, 5.74) is 0.436. The fraction of sp³-hybridized carbons (Fsp3) is 0.286. The number of aliphatic carboxylic acids is 1. The predicted octanol–water partition coefficient (Wildman–Crippen LogP) is 2.42. The first-order valence-corrected chi connectivity index (χ1v) is 5.80. The Morgan fingerprint density at radius 1 is 1.21 bits per heavy atom. The van der Waals surface area contributed by atoms with Gasteiger partial charge in [-0.05, 0) is 26.8 Å². The predicted molar refractivity (Wildman–Crippen MR) is 69.0 cm³/mol. The molecular formula is C14H16FNO3. The molecule has 0 saturated heterocycles. The van der Waals surface area contributed by atoms with Crippen molar-refractivity contribution in [3.05, 3.63) is 46.8 Å². The molecule has 0 aromatic heterocycles. The van der Waals surface area contributed by atoms with Gasteiger partial charge < -0.3 is 10.4 Å². The van der Waals surface area contributed by atoms with Gasteiger partial charge in [-0.15, -0.1) is 0 Å². The van der Waals surface area contributed by atoms with Crippen molar-refractivity contribution in [2.75, 3.05) is 0 Å². The molecule has 0 fully saturated rings. The highest BCUT2D eigenvalue weighted by Crippen LogP contribution is 2.17. The van der Waals surface area contributed by atoms with E-state index in [9.17, 15) is 14.0 Å². The molecule has 0 aliphatic heterocycles. The third-order valence-electron chi connectivity index (χ3n) is 2.94. The first-order valence-electron chi connectivity index (χ1n) is 5.80. The SMILES string of the molecule is CC(C(=O)O)=C(C)C(=O)NC(C)c1ccccc1F. The molecule has 0 bridgehead atoms. The smallest absolute Gasteiger partial charge is 0.331 e. The average Bonchev–Trinajstić information content (AvgIpc) is 2.37. The van der Waals surface area contributed by atoms with Crippen LogP contribution in [0.4, 0.5) is 4.39 Å². The molecule has 1 unspecified atom stereocenters. The molecule has 5 heteroatoms. The average molecular weight is 265 g/mol. The van der Waals surface area contributed by atoms with Crippen LogP contribution in [0.3, 0.4) is 0 Å². The Morgan fingerprint density at radius 2 is 1.79 bits per heavy atom. The molecular weight excluding hydrogens is 249 g/mol. The molecule has 2 N–H and O–H groups in total. The van der Waals surface area contributed by atoms with Gasteiger partial charge in [0.1, 0.15) is 5.82 Å². The Bertz CT molecular complexity index is 537. The second-order valence-corrected chi connectivity index (χ2v) is 4.27. The number of rotatable bonds is 4. The van der Waals surface area contributed by atoms with Crippen molar-refractivity contribution >= 4 is 11.9 Å². The summed E-state index contributed by atoms with van der Waals surface area (Å²) < 4.78 is 13.5. The fourth-order valence-corrected chi connectivity index (χ4v) is 1.54. The first-order chi connectivity index (χ1) is 8.84. The van der Waals surface area contributed by atoms with E-state index in [-0.39, 0.29) is 11.1 Å². The van der Waals surface area contributed by atoms with E-state index < -0.39 is 23.7 Å². The number of nitrogens with one attached hydrogen (secondary N) is 1. The molecule has 0 saturated carbocycles. The fourth-order valence-electron chi connectivity index (χ4n) is 1.54. The van der Waals surface area contributed by atoms with E-state index in [1.165, 1.54) is 19.9 Å². The van der Waals surface area contributed by atoms with E-state index in [1.807, 2.05) is 0 Å². The topological polar surface area (TPSA) is 66.4 Å². The third-order valence-corrected chi connectivity index (χ3v) is 2.94. The Morgan fingerprint density at radius 3 is 2.32 bits per heavy atom. The van der Waals surface area contributed by atoms with E-state index >= 15 is 0 Å². The molecule has 0 heterocycles. The molecule has 19 heavy (non-hydrogen) atoms. The Kier molecular flexibility index (Phi) is 4.80. The molecule has 1 aromatic rings. The van der Waals surface area contributed by atoms with Crippen LogP contribution in [0.5, 0.6) is 0 Å². The molecule has 102 valence electrons. The summed E-state index contributed by atoms with van der Waals surface area (Å²) in [5.74, 6) is -2.08. The monoisotopic (exact) mass is 265 g/mol. The second-order valence-electron chi connectivity index (χ2n) is 4.27. The van der Waals surface area contributed by atoms with Crippen LogP contribution in [0, 0.1) is 5.82 Å². The summed E-state index contributed by atoms with van der Waals surface area (Å²) in [6.45, 7) is 4.41. The lowest BCUT2D eigenvalue weighted by Gasteiger charge is -2.15. The summed E-state index contributed by atoms with van der Waals surface area (Å²) in [6.07, 6.45) is 0. The molecule has 0 spiro atoms. The van der Waals surface area contributed by atoms with Gasteiger partial charge in [0.15, 0.2) is 0 Å². The summed E-state index contributed by atoms with van der Waals surface area (Å²) in [6, 6.07) is 5.58. The van der Waals surface area contributed by atoms with Crippen LogP contribution in [-0.4, -0.2) is 17.0 Å². The number of hydrogen-bond acceptors (Lipinski definition) is 2. The summed E-state index contributed by atoms with van der Waals surface area (Å²) >= 11 is 0. The number of carboxylic acid groups (broad SMARTS) is 1. The summed E-state index contributed by atoms with van der Waals surface area (Å²) in [5, 5.41) is 11.4. The molecule has 0 aliphatic carbocycles. The first kappa shape index (κ1) is 14.9. The van der Waals surface area contributed by atoms with Crippen LogP contribution < -0.4 is 5.32 Å². The summed E-state index contributed by atoms with van der Waals surface area (Å²) in [4.78, 5) is 22.6. The zero-order chi connectivity index (χ0) is 14.6. The zero-order valence-corrected chi connectivity index (χ0v) is 11.0. The lowest BCUT2D eigenvalue weighted by Crippen LogP contribution is -2.29. The van der Waals surface area contributed by atoms with Gasteiger partial charge in [-0.1, -0.05) is 18.2 Å². The number of halogens is 1. The van der Waals surface area contributed by atoms with E-state index in [0.29, 0.717) is 5.56 Å². The van der Waals surface area contributed by atoms with Gasteiger partial charge in [0.05, 0.1) is 6.04 Å². The van der Waals surface area contributed by atoms with Crippen LogP contribution in [0.2, 0.25) is 0 Å². The quantitative estimate of drug-likeness (QED) is 0.822. The number of hydrogen-bond donors (Lipinski definition) is 2. The minimum Gasteiger partial charge on any atom is -0.478 e. The Balaban J connectivity index is 2.87. The van der Waals surface area contributed by atoms with Crippen molar-refractivity contribution in [3.63, 3.8) is 0 Å². The molecule has 0 radical (unpaired) electrons. The van der Waals surface area contributed by atoms with Crippen molar-refractivity contribution in [2.45, 2.75) is 26.8 Å². The second kappa shape index (κ2) is 6.13. The number of carbonyl (C=O) groups excluding carboxylic acids is 1. The Labute approximate surface area is 110 Å². The van der Waals surface area contributed by atoms with Crippen molar-refractivity contribution in [2.24, 2.45) is 0 Å². The lowest BCUT2D eigenvalue weighted by atomic mass is 10.1. The lowest BCUT2D eigenvalue weighted by molar-refractivity contribution is -0.133. The number of benzene rings is 1. The van der Waals surface area contributed by atoms with Crippen LogP contribution in [-0.2, 0) is 9.59 Å². The van der Waals surface area contributed by atoms with Gasteiger partial charge in [0, 0.05) is 16.7 Å². The van der Waals surface area contributed by atoms with E-state index in [0.717, 1.165) is 0 Å². The highest BCUT2D eigenvalue weighted by Gasteiger charge is 2.17. The molecule has 1 amide bonds. The Hall–Kier alpha value is -2.17. The van der Waals surface area contributed by atoms with E-state index in [1.54, 1.807) is 25.1 Å². The molecule has 1 atom stereocenters. The van der Waals surface area contributed by atoms with Crippen LogP contribution in [0.15, 0.2) is 35.4 Å². The maximum Gasteiger partial charge on any atom is 0.331 e. The van der Waals surface area contributed by atoms with Crippen molar-refractivity contribution in [1.82, 2.24) is 5.32 Å². The molecule has 4 nitrogen and oxygen atoms in total. The number of amides is 1. The maximum absolute atomic E-state index is 13.5. The van der Waals surface area contributed by atoms with Gasteiger partial charge >= 0.3 is 5.97 Å². The van der Waals surface area contributed by atoms with Gasteiger partial charge in [-0.2, -0.15) is 0 Å². The minimum absolute atomic E-state index is 0.0294. The van der Waals surface area contributed by atoms with Gasteiger partial charge in [0.2, 0.25) is 5.91 Å². The van der Waals surface area contributed by atoms with Gasteiger partial charge in [-0.25, -0.2) is 9.18 Å². The number of carboxylic acids is 1. The maximum atomic E-state index is 13.5. The molecule has 1 aromatic carbocycles. The van der Waals surface area contributed by atoms with Crippen molar-refractivity contribution in [1.29, 1.82) is 0 Å². The largest absolute Gasteiger partial charge is 0.478 e. The van der Waals surface area contributed by atoms with Crippen LogP contribution in [0.1, 0.15) is 32.4 Å². The highest BCUT2D eigenvalue weighted by atomic mass is 19.1. The normalized spacial score (nSPS) is 13.5. The van der Waals surface area contributed by atoms with E-state index in [2.05, 4.69) is 5.32 Å². The van der Waals surface area contributed by atoms with E-state index in [4.69, 9.17) is 5.11 Å². The third kappa shape index (κ3) is 3.64. The minimum atomic E-state index is -1.15. The number of carbonyl (C=O) groups is 2. The highest BCUT2D eigenvalue weighted by molar-refractivity contribution is 6.01. The molecule has 0 aliphatic rings. The van der Waals surface area contributed by atoms with Crippen LogP contribution >= 0.6 is 0 Å². The standard InChI is InChI=1S/C14H16FNO3/c1-8(9(2)14(18)19)13(17)16-10(3)11-6-4-5-7-12(11)15/h4-7,10H,1-3H3,(H,16,17)(H,18,19). The van der Waals surface area contributed by atoms with Crippen molar-refractivity contribution < 1.29 is 19.1 Å². The molecule has 1 rings (SSSR count). The van der Waals surface area contributed by atoms with Gasteiger partial charge in [0.25, 0.3) is 0 Å². The van der Waals surface area contributed by atoms with Crippen LogP contribution in [0.25, 0.3) is 0 Å². The van der Waals surface area contributed by atoms with Gasteiger partial charge in [-0.3, -0.25) is 4.79 Å². The zero-order valence-electron chi connectivity index (χ0n) is 11.0. The summed E-state index contributed by atoms with van der Waals surface area (Å²) in [7, 11) is 0.